The van der Waals surface area contributed by atoms with Crippen LogP contribution in [0.5, 0.6) is 0 Å². The molecule has 0 amide bonds. The van der Waals surface area contributed by atoms with Crippen molar-refractivity contribution in [2.75, 3.05) is 5.73 Å². The van der Waals surface area contributed by atoms with Crippen molar-refractivity contribution < 1.29 is 8.78 Å². The fourth-order valence-corrected chi connectivity index (χ4v) is 1.19. The molecular formula is C8H6ClF2N3. The summed E-state index contributed by atoms with van der Waals surface area (Å²) in [5, 5.41) is 8.68. The van der Waals surface area contributed by atoms with Crippen molar-refractivity contribution in [2.24, 2.45) is 0 Å². The number of nitrogens with zero attached hydrogens (tertiary/aromatic N) is 2. The van der Waals surface area contributed by atoms with Crippen LogP contribution >= 0.6 is 11.6 Å². The maximum atomic E-state index is 12.3. The van der Waals surface area contributed by atoms with Gasteiger partial charge in [-0.3, -0.25) is 4.98 Å². The third kappa shape index (κ3) is 1.75. The van der Waals surface area contributed by atoms with Gasteiger partial charge in [0.2, 0.25) is 0 Å². The molecule has 0 bridgehead atoms. The van der Waals surface area contributed by atoms with Crippen molar-refractivity contribution >= 4 is 17.3 Å². The number of alkyl halides is 3. The summed E-state index contributed by atoms with van der Waals surface area (Å²) in [5.41, 5.74) is 4.82. The van der Waals surface area contributed by atoms with Gasteiger partial charge in [0.15, 0.2) is 0 Å². The van der Waals surface area contributed by atoms with E-state index in [0.717, 1.165) is 6.20 Å². The third-order valence-electron chi connectivity index (χ3n) is 1.69. The Bertz CT molecular complexity index is 387. The zero-order chi connectivity index (χ0) is 10.7. The molecule has 0 spiro atoms. The summed E-state index contributed by atoms with van der Waals surface area (Å²) in [6.07, 6.45) is -1.64. The zero-order valence-corrected chi connectivity index (χ0v) is 7.72. The van der Waals surface area contributed by atoms with Crippen LogP contribution in [0, 0.1) is 11.3 Å². The molecule has 3 nitrogen and oxygen atoms in total. The summed E-state index contributed by atoms with van der Waals surface area (Å²) >= 11 is 5.48. The van der Waals surface area contributed by atoms with E-state index < -0.39 is 12.1 Å². The van der Waals surface area contributed by atoms with Crippen molar-refractivity contribution in [3.8, 4) is 6.07 Å². The highest BCUT2D eigenvalue weighted by Gasteiger charge is 2.18. The standard InChI is InChI=1S/C8H6ClF2N3/c9-1-4-3-14-7(8(10)11)6(13)5(4)2-12/h3,8H,1,13H2. The summed E-state index contributed by atoms with van der Waals surface area (Å²) in [4.78, 5) is 3.45. The number of halogens is 3. The van der Waals surface area contributed by atoms with E-state index in [1.165, 1.54) is 0 Å². The average molecular weight is 218 g/mol. The molecule has 0 atom stereocenters. The smallest absolute Gasteiger partial charge is 0.282 e. The van der Waals surface area contributed by atoms with Crippen molar-refractivity contribution in [1.29, 1.82) is 5.26 Å². The highest BCUT2D eigenvalue weighted by molar-refractivity contribution is 6.17. The molecule has 0 aliphatic heterocycles. The minimum atomic E-state index is -2.79. The minimum Gasteiger partial charge on any atom is -0.396 e. The molecule has 1 aromatic heterocycles. The Morgan fingerprint density at radius 3 is 2.71 bits per heavy atom. The zero-order valence-electron chi connectivity index (χ0n) is 6.97. The van der Waals surface area contributed by atoms with Crippen LogP contribution in [-0.2, 0) is 5.88 Å². The summed E-state index contributed by atoms with van der Waals surface area (Å²) < 4.78 is 24.6. The molecule has 0 saturated carbocycles. The minimum absolute atomic E-state index is 0.0175. The van der Waals surface area contributed by atoms with E-state index in [1.807, 2.05) is 0 Å². The lowest BCUT2D eigenvalue weighted by molar-refractivity contribution is 0.147. The van der Waals surface area contributed by atoms with E-state index in [-0.39, 0.29) is 17.1 Å². The van der Waals surface area contributed by atoms with E-state index in [1.54, 1.807) is 6.07 Å². The predicted octanol–water partition coefficient (Wildman–Crippen LogP) is 2.21. The fraction of sp³-hybridized carbons (Fsp3) is 0.250. The lowest BCUT2D eigenvalue weighted by Crippen LogP contribution is -2.04. The van der Waals surface area contributed by atoms with Gasteiger partial charge in [-0.15, -0.1) is 11.6 Å². The maximum Gasteiger partial charge on any atom is 0.282 e. The van der Waals surface area contributed by atoms with Crippen LogP contribution in [0.2, 0.25) is 0 Å². The lowest BCUT2D eigenvalue weighted by atomic mass is 10.1. The largest absolute Gasteiger partial charge is 0.396 e. The van der Waals surface area contributed by atoms with E-state index >= 15 is 0 Å². The van der Waals surface area contributed by atoms with Gasteiger partial charge in [0.25, 0.3) is 6.43 Å². The molecule has 74 valence electrons. The highest BCUT2D eigenvalue weighted by atomic mass is 35.5. The summed E-state index contributed by atoms with van der Waals surface area (Å²) in [6, 6.07) is 1.73. The number of hydrogen-bond donors (Lipinski definition) is 1. The van der Waals surface area contributed by atoms with Crippen LogP contribution in [0.1, 0.15) is 23.2 Å². The van der Waals surface area contributed by atoms with Crippen molar-refractivity contribution in [3.05, 3.63) is 23.0 Å². The Morgan fingerprint density at radius 2 is 2.29 bits per heavy atom. The molecule has 2 N–H and O–H groups in total. The molecule has 0 aromatic carbocycles. The van der Waals surface area contributed by atoms with E-state index in [0.29, 0.717) is 5.56 Å². The van der Waals surface area contributed by atoms with Crippen LogP contribution in [0.3, 0.4) is 0 Å². The molecule has 0 aliphatic rings. The molecule has 1 rings (SSSR count). The summed E-state index contributed by atoms with van der Waals surface area (Å²) in [5.74, 6) is 0.0175. The average Bonchev–Trinajstić information content (AvgIpc) is 2.16. The Balaban J connectivity index is 3.37. The molecule has 1 aromatic rings. The summed E-state index contributed by atoms with van der Waals surface area (Å²) in [6.45, 7) is 0. The number of anilines is 1. The molecule has 0 unspecified atom stereocenters. The van der Waals surface area contributed by atoms with Gasteiger partial charge in [-0.1, -0.05) is 0 Å². The number of hydrogen-bond acceptors (Lipinski definition) is 3. The molecule has 0 aliphatic carbocycles. The predicted molar refractivity (Wildman–Crippen MR) is 47.9 cm³/mol. The van der Waals surface area contributed by atoms with Gasteiger partial charge in [-0.05, 0) is 0 Å². The van der Waals surface area contributed by atoms with E-state index in [2.05, 4.69) is 4.98 Å². The number of rotatable bonds is 2. The van der Waals surface area contributed by atoms with E-state index in [9.17, 15) is 8.78 Å². The van der Waals surface area contributed by atoms with Gasteiger partial charge in [-0.2, -0.15) is 5.26 Å². The van der Waals surface area contributed by atoms with Gasteiger partial charge in [0.05, 0.1) is 17.1 Å². The first-order valence-electron chi connectivity index (χ1n) is 3.63. The van der Waals surface area contributed by atoms with Crippen molar-refractivity contribution in [3.63, 3.8) is 0 Å². The highest BCUT2D eigenvalue weighted by Crippen LogP contribution is 2.27. The molecule has 0 fully saturated rings. The van der Waals surface area contributed by atoms with E-state index in [4.69, 9.17) is 22.6 Å². The lowest BCUT2D eigenvalue weighted by Gasteiger charge is -2.07. The molecular weight excluding hydrogens is 212 g/mol. The van der Waals surface area contributed by atoms with Gasteiger partial charge < -0.3 is 5.73 Å². The Morgan fingerprint density at radius 1 is 1.64 bits per heavy atom. The molecule has 14 heavy (non-hydrogen) atoms. The molecule has 0 radical (unpaired) electrons. The van der Waals surface area contributed by atoms with Crippen LogP contribution in [0.15, 0.2) is 6.20 Å². The topological polar surface area (TPSA) is 62.7 Å². The van der Waals surface area contributed by atoms with Crippen molar-refractivity contribution in [2.45, 2.75) is 12.3 Å². The number of nitrogen functional groups attached to an aromatic ring is 1. The Hall–Kier alpha value is -1.41. The maximum absolute atomic E-state index is 12.3. The van der Waals surface area contributed by atoms with Crippen LogP contribution in [-0.4, -0.2) is 4.98 Å². The van der Waals surface area contributed by atoms with Gasteiger partial charge in [-0.25, -0.2) is 8.78 Å². The fourth-order valence-electron chi connectivity index (χ4n) is 0.990. The molecule has 0 saturated heterocycles. The van der Waals surface area contributed by atoms with Gasteiger partial charge in [0, 0.05) is 11.8 Å². The number of aromatic nitrogens is 1. The number of nitriles is 1. The quantitative estimate of drug-likeness (QED) is 0.773. The molecule has 1 heterocycles. The normalized spacial score (nSPS) is 10.2. The monoisotopic (exact) mass is 217 g/mol. The van der Waals surface area contributed by atoms with Gasteiger partial charge >= 0.3 is 0 Å². The first-order chi connectivity index (χ1) is 6.61. The SMILES string of the molecule is N#Cc1c(CCl)cnc(C(F)F)c1N. The second-order valence-corrected chi connectivity index (χ2v) is 2.77. The third-order valence-corrected chi connectivity index (χ3v) is 1.98. The van der Waals surface area contributed by atoms with Crippen LogP contribution in [0.4, 0.5) is 14.5 Å². The Labute approximate surface area is 84.1 Å². The first kappa shape index (κ1) is 10.7. The van der Waals surface area contributed by atoms with Crippen LogP contribution in [0.25, 0.3) is 0 Å². The number of nitrogens with two attached hydrogens (primary N) is 1. The van der Waals surface area contributed by atoms with Gasteiger partial charge in [0.1, 0.15) is 11.8 Å². The molecule has 6 heteroatoms. The second kappa shape index (κ2) is 4.20. The van der Waals surface area contributed by atoms with Crippen LogP contribution < -0.4 is 5.73 Å². The summed E-state index contributed by atoms with van der Waals surface area (Å²) in [7, 11) is 0. The first-order valence-corrected chi connectivity index (χ1v) is 4.16. The van der Waals surface area contributed by atoms with Crippen molar-refractivity contribution in [1.82, 2.24) is 4.98 Å². The Kier molecular flexibility index (Phi) is 3.20. The second-order valence-electron chi connectivity index (χ2n) is 2.50. The number of pyridine rings is 1.